The number of hydrogen-bond acceptors (Lipinski definition) is 8. The second kappa shape index (κ2) is 17.6. The molecule has 0 spiro atoms. The van der Waals surface area contributed by atoms with Gasteiger partial charge in [-0.2, -0.15) is 0 Å². The van der Waals surface area contributed by atoms with Crippen LogP contribution in [-0.4, -0.2) is 43.8 Å². The molecule has 0 aliphatic rings. The topological polar surface area (TPSA) is 116 Å². The number of nitrogens with zero attached hydrogens (tertiary/aromatic N) is 8. The Labute approximate surface area is 402 Å². The number of pyridine rings is 6. The van der Waals surface area contributed by atoms with Crippen molar-refractivity contribution in [2.45, 2.75) is 0 Å². The molecule has 0 radical (unpaired) electrons. The molecule has 0 fully saturated rings. The lowest BCUT2D eigenvalue weighted by Gasteiger charge is -2.11. The van der Waals surface area contributed by atoms with Crippen LogP contribution in [0.15, 0.2) is 223 Å². The first kappa shape index (κ1) is 41.4. The highest BCUT2D eigenvalue weighted by molar-refractivity contribution is 9.10. The molecule has 328 valence electrons. The lowest BCUT2D eigenvalue weighted by atomic mass is 10.1. The van der Waals surface area contributed by atoms with Crippen LogP contribution >= 0.6 is 15.9 Å². The maximum Gasteiger partial charge on any atom is 0.147 e. The van der Waals surface area contributed by atoms with E-state index in [9.17, 15) is 5.11 Å². The highest BCUT2D eigenvalue weighted by Gasteiger charge is 2.17. The Kier molecular flexibility index (Phi) is 10.6. The fraction of sp³-hybridized carbons (Fsp3) is 0. The van der Waals surface area contributed by atoms with Crippen LogP contribution < -0.4 is 4.74 Å². The molecule has 6 aromatic carbocycles. The highest BCUT2D eigenvalue weighted by atomic mass is 79.9. The van der Waals surface area contributed by atoms with E-state index in [1.54, 1.807) is 30.7 Å². The number of halogens is 1. The lowest BCUT2D eigenvalue weighted by molar-refractivity contribution is 0.476. The largest absolute Gasteiger partial charge is 0.508 e. The third kappa shape index (κ3) is 7.76. The van der Waals surface area contributed by atoms with E-state index in [4.69, 9.17) is 19.7 Å². The summed E-state index contributed by atoms with van der Waals surface area (Å²) in [6.07, 6.45) is 7.22. The van der Waals surface area contributed by atoms with Crippen LogP contribution in [0.1, 0.15) is 0 Å². The van der Waals surface area contributed by atoms with E-state index in [1.165, 1.54) is 0 Å². The number of para-hydroxylation sites is 4. The van der Waals surface area contributed by atoms with Crippen LogP contribution in [0.4, 0.5) is 0 Å². The number of imidazole rings is 2. The van der Waals surface area contributed by atoms with Gasteiger partial charge in [-0.3, -0.25) is 18.8 Å². The van der Waals surface area contributed by atoms with Gasteiger partial charge in [-0.15, -0.1) is 0 Å². The summed E-state index contributed by atoms with van der Waals surface area (Å²) < 4.78 is 11.6. The van der Waals surface area contributed by atoms with Crippen molar-refractivity contribution in [3.63, 3.8) is 0 Å². The Morgan fingerprint density at radius 1 is 0.377 bits per heavy atom. The quantitative estimate of drug-likeness (QED) is 0.173. The van der Waals surface area contributed by atoms with Gasteiger partial charge in [-0.1, -0.05) is 76.6 Å². The van der Waals surface area contributed by atoms with Crippen LogP contribution in [0.2, 0.25) is 0 Å². The highest BCUT2D eigenvalue weighted by Crippen LogP contribution is 2.36. The molecule has 0 saturated heterocycles. The van der Waals surface area contributed by atoms with Crippen molar-refractivity contribution >= 4 is 92.9 Å². The number of hydrogen-bond donors (Lipinski definition) is 1. The molecule has 0 atom stereocenters. The van der Waals surface area contributed by atoms with Crippen molar-refractivity contribution in [1.29, 1.82) is 0 Å². The van der Waals surface area contributed by atoms with Gasteiger partial charge in [0.2, 0.25) is 0 Å². The van der Waals surface area contributed by atoms with Crippen LogP contribution in [0.25, 0.3) is 99.5 Å². The lowest BCUT2D eigenvalue weighted by Crippen LogP contribution is -1.94. The number of aromatic nitrogens is 8. The van der Waals surface area contributed by atoms with Gasteiger partial charge in [0.1, 0.15) is 39.8 Å². The Balaban J connectivity index is 0.000000120. The number of ether oxygens (including phenoxy) is 1. The molecule has 14 aromatic rings. The number of phenolic OH excluding ortho intramolecular Hbond substituents is 1. The zero-order chi connectivity index (χ0) is 46.3. The molecule has 1 N–H and O–H groups in total. The van der Waals surface area contributed by atoms with Gasteiger partial charge < -0.3 is 9.84 Å². The first-order valence-corrected chi connectivity index (χ1v) is 23.0. The SMILES string of the molecule is Brc1cccc(-c2ccccn2)c1.Oc1ccc2c3cccnc3n3c4ccccc4nc3c2c1.c1ccc(-c2cccc(Oc3ccc4c5cccnc5n5c6ccccc6nc5c4c3)c2)nc1. The smallest absolute Gasteiger partial charge is 0.147 e. The number of aromatic hydroxyl groups is 1. The first-order chi connectivity index (χ1) is 34.0. The summed E-state index contributed by atoms with van der Waals surface area (Å²) in [5.74, 6) is 1.75. The first-order valence-electron chi connectivity index (χ1n) is 22.2. The van der Waals surface area contributed by atoms with Crippen molar-refractivity contribution in [1.82, 2.24) is 38.7 Å². The van der Waals surface area contributed by atoms with E-state index in [2.05, 4.69) is 76.1 Å². The Bertz CT molecular complexity index is 4220. The molecule has 0 aliphatic carbocycles. The molecule has 14 rings (SSSR count). The van der Waals surface area contributed by atoms with Gasteiger partial charge in [0.15, 0.2) is 0 Å². The molecule has 69 heavy (non-hydrogen) atoms. The van der Waals surface area contributed by atoms with Crippen LogP contribution in [0, 0.1) is 0 Å². The van der Waals surface area contributed by atoms with Crippen LogP contribution in [-0.2, 0) is 0 Å². The molecular weight excluding hydrogens is 921 g/mol. The van der Waals surface area contributed by atoms with E-state index < -0.39 is 0 Å². The minimum atomic E-state index is 0.240. The van der Waals surface area contributed by atoms with Gasteiger partial charge in [-0.05, 0) is 144 Å². The summed E-state index contributed by atoms with van der Waals surface area (Å²) in [6.45, 7) is 0. The molecule has 0 saturated carbocycles. The minimum absolute atomic E-state index is 0.240. The van der Waals surface area contributed by atoms with E-state index >= 15 is 0 Å². The molecule has 0 bridgehead atoms. The summed E-state index contributed by atoms with van der Waals surface area (Å²) in [4.78, 5) is 27.7. The van der Waals surface area contributed by atoms with Crippen LogP contribution in [0.3, 0.4) is 0 Å². The predicted molar refractivity (Wildman–Crippen MR) is 280 cm³/mol. The average Bonchev–Trinajstić information content (AvgIpc) is 4.00. The van der Waals surface area contributed by atoms with Crippen molar-refractivity contribution in [3.05, 3.63) is 223 Å². The summed E-state index contributed by atoms with van der Waals surface area (Å²) in [5, 5.41) is 16.1. The van der Waals surface area contributed by atoms with Crippen molar-refractivity contribution in [2.75, 3.05) is 0 Å². The number of fused-ring (bicyclic) bond motifs is 16. The number of benzene rings is 6. The monoisotopic (exact) mass is 956 g/mol. The Hall–Kier alpha value is -9.06. The summed E-state index contributed by atoms with van der Waals surface area (Å²) >= 11 is 3.43. The van der Waals surface area contributed by atoms with Crippen molar-refractivity contribution < 1.29 is 9.84 Å². The fourth-order valence-corrected chi connectivity index (χ4v) is 9.34. The molecular formula is C58H37BrN8O2. The molecule has 8 heterocycles. The standard InChI is InChI=1S/C29H18N4O.C18H11N3O.C11H8BrN/c1-2-12-27-26(11-1)32-29-24-18-21(13-14-22(24)23-9-6-16-31-28(23)33(27)29)34-20-8-5-7-19(17-20)25-10-3-4-15-30-25;22-11-7-8-12-13-4-3-9-19-17(13)21-16-6-2-1-5-15(16)20-18(21)14(12)10-11;12-10-5-3-4-9(8-10)11-6-1-2-7-13-11/h1-18H;1-10,22H;1-8H. The molecule has 8 aromatic heterocycles. The minimum Gasteiger partial charge on any atom is -0.508 e. The zero-order valence-corrected chi connectivity index (χ0v) is 38.2. The van der Waals surface area contributed by atoms with Gasteiger partial charge in [0, 0.05) is 61.9 Å². The second-order valence-electron chi connectivity index (χ2n) is 16.3. The molecule has 0 aliphatic heterocycles. The van der Waals surface area contributed by atoms with Gasteiger partial charge in [0.25, 0.3) is 0 Å². The Morgan fingerprint density at radius 3 is 1.49 bits per heavy atom. The maximum atomic E-state index is 9.88. The maximum absolute atomic E-state index is 9.88. The van der Waals surface area contributed by atoms with Crippen molar-refractivity contribution in [2.24, 2.45) is 0 Å². The van der Waals surface area contributed by atoms with Gasteiger partial charge in [-0.25, -0.2) is 19.9 Å². The normalized spacial score (nSPS) is 11.3. The van der Waals surface area contributed by atoms with E-state index in [-0.39, 0.29) is 5.75 Å². The number of phenols is 1. The summed E-state index contributed by atoms with van der Waals surface area (Å²) in [5.41, 5.74) is 11.5. The molecule has 10 nitrogen and oxygen atoms in total. The fourth-order valence-electron chi connectivity index (χ4n) is 8.94. The Morgan fingerprint density at radius 2 is 0.899 bits per heavy atom. The van der Waals surface area contributed by atoms with Gasteiger partial charge >= 0.3 is 0 Å². The van der Waals surface area contributed by atoms with E-state index in [1.807, 2.05) is 152 Å². The van der Waals surface area contributed by atoms with Gasteiger partial charge in [0.05, 0.1) is 33.5 Å². The predicted octanol–water partition coefficient (Wildman–Crippen LogP) is 14.4. The zero-order valence-electron chi connectivity index (χ0n) is 36.6. The molecule has 0 amide bonds. The van der Waals surface area contributed by atoms with E-state index in [0.717, 1.165) is 115 Å². The average molecular weight is 958 g/mol. The number of rotatable bonds is 4. The van der Waals surface area contributed by atoms with Crippen LogP contribution in [0.5, 0.6) is 17.2 Å². The summed E-state index contributed by atoms with van der Waals surface area (Å²) in [6, 6.07) is 63.7. The third-order valence-corrected chi connectivity index (χ3v) is 12.5. The third-order valence-electron chi connectivity index (χ3n) is 12.0. The molecule has 11 heteroatoms. The molecule has 0 unspecified atom stereocenters. The summed E-state index contributed by atoms with van der Waals surface area (Å²) in [7, 11) is 0. The van der Waals surface area contributed by atoms with Crippen molar-refractivity contribution in [3.8, 4) is 39.8 Å². The second-order valence-corrected chi connectivity index (χ2v) is 17.2. The van der Waals surface area contributed by atoms with E-state index in [0.29, 0.717) is 0 Å².